The molecular formula is C19H16N2O3. The van der Waals surface area contributed by atoms with Gasteiger partial charge in [-0.05, 0) is 43.3 Å². The standard InChI is InChI=1S/C19H16N2O3/c1-11-7-13-8-14(4-5-15(13)20-11)24-19-6-3-12-9-18(23-2)17(22)10-16(12)21-19/h3-10,20,22H,1-2H3. The van der Waals surface area contributed by atoms with Crippen LogP contribution in [0.1, 0.15) is 5.69 Å². The lowest BCUT2D eigenvalue weighted by molar-refractivity contribution is 0.374. The highest BCUT2D eigenvalue weighted by Crippen LogP contribution is 2.32. The summed E-state index contributed by atoms with van der Waals surface area (Å²) in [5.74, 6) is 1.66. The number of benzene rings is 2. The number of methoxy groups -OCH3 is 1. The van der Waals surface area contributed by atoms with Crippen LogP contribution >= 0.6 is 0 Å². The Morgan fingerprint density at radius 3 is 2.71 bits per heavy atom. The number of fused-ring (bicyclic) bond motifs is 2. The fourth-order valence-electron chi connectivity index (χ4n) is 2.78. The smallest absolute Gasteiger partial charge is 0.219 e. The summed E-state index contributed by atoms with van der Waals surface area (Å²) in [6, 6.07) is 14.9. The van der Waals surface area contributed by atoms with Gasteiger partial charge >= 0.3 is 0 Å². The van der Waals surface area contributed by atoms with Crippen LogP contribution in [0.2, 0.25) is 0 Å². The van der Waals surface area contributed by atoms with E-state index in [2.05, 4.69) is 16.0 Å². The highest BCUT2D eigenvalue weighted by atomic mass is 16.5. The number of nitrogens with one attached hydrogen (secondary N) is 1. The van der Waals surface area contributed by atoms with Gasteiger partial charge in [0.05, 0.1) is 12.6 Å². The molecule has 0 bridgehead atoms. The maximum atomic E-state index is 9.90. The molecule has 0 radical (unpaired) electrons. The van der Waals surface area contributed by atoms with E-state index in [0.29, 0.717) is 22.9 Å². The molecule has 0 amide bonds. The normalized spacial score (nSPS) is 11.1. The number of phenols is 1. The number of pyridine rings is 1. The molecule has 0 aliphatic heterocycles. The molecule has 2 aromatic heterocycles. The van der Waals surface area contributed by atoms with Crippen LogP contribution in [0.4, 0.5) is 0 Å². The van der Waals surface area contributed by atoms with Gasteiger partial charge in [-0.15, -0.1) is 0 Å². The highest BCUT2D eigenvalue weighted by molar-refractivity contribution is 5.83. The number of aromatic hydroxyl groups is 1. The van der Waals surface area contributed by atoms with Crippen LogP contribution in [0.5, 0.6) is 23.1 Å². The minimum absolute atomic E-state index is 0.0545. The Hall–Kier alpha value is -3.21. The van der Waals surface area contributed by atoms with Gasteiger partial charge in [0.2, 0.25) is 5.88 Å². The van der Waals surface area contributed by atoms with E-state index < -0.39 is 0 Å². The zero-order valence-electron chi connectivity index (χ0n) is 13.3. The van der Waals surface area contributed by atoms with Gasteiger partial charge in [-0.2, -0.15) is 0 Å². The molecule has 4 aromatic rings. The van der Waals surface area contributed by atoms with Crippen molar-refractivity contribution in [3.63, 3.8) is 0 Å². The molecule has 0 unspecified atom stereocenters. The molecule has 2 heterocycles. The second-order valence-electron chi connectivity index (χ2n) is 5.67. The van der Waals surface area contributed by atoms with Crippen molar-refractivity contribution in [2.75, 3.05) is 7.11 Å². The summed E-state index contributed by atoms with van der Waals surface area (Å²) in [4.78, 5) is 7.73. The van der Waals surface area contributed by atoms with Gasteiger partial charge in [-0.1, -0.05) is 0 Å². The summed E-state index contributed by atoms with van der Waals surface area (Å²) in [5.41, 5.74) is 2.82. The van der Waals surface area contributed by atoms with Gasteiger partial charge in [0.15, 0.2) is 11.5 Å². The fraction of sp³-hybridized carbons (Fsp3) is 0.105. The van der Waals surface area contributed by atoms with Gasteiger partial charge in [0, 0.05) is 34.1 Å². The molecular weight excluding hydrogens is 304 g/mol. The first-order chi connectivity index (χ1) is 11.6. The van der Waals surface area contributed by atoms with Crippen molar-refractivity contribution >= 4 is 21.8 Å². The number of phenolic OH excluding ortho intramolecular Hbond substituents is 1. The van der Waals surface area contributed by atoms with Crippen molar-refractivity contribution in [2.24, 2.45) is 0 Å². The van der Waals surface area contributed by atoms with E-state index in [4.69, 9.17) is 9.47 Å². The lowest BCUT2D eigenvalue weighted by Gasteiger charge is -2.08. The van der Waals surface area contributed by atoms with Crippen molar-refractivity contribution in [3.05, 3.63) is 54.2 Å². The lowest BCUT2D eigenvalue weighted by atomic mass is 10.2. The highest BCUT2D eigenvalue weighted by Gasteiger charge is 2.08. The van der Waals surface area contributed by atoms with Gasteiger partial charge in [0.1, 0.15) is 5.75 Å². The summed E-state index contributed by atoms with van der Waals surface area (Å²) in [5, 5.41) is 11.9. The number of hydrogen-bond acceptors (Lipinski definition) is 4. The van der Waals surface area contributed by atoms with Crippen molar-refractivity contribution in [2.45, 2.75) is 6.92 Å². The molecule has 5 heteroatoms. The van der Waals surface area contributed by atoms with Crippen LogP contribution < -0.4 is 9.47 Å². The molecule has 0 atom stereocenters. The average molecular weight is 320 g/mol. The molecule has 0 fully saturated rings. The zero-order valence-corrected chi connectivity index (χ0v) is 13.3. The van der Waals surface area contributed by atoms with Gasteiger partial charge in [0.25, 0.3) is 0 Å². The summed E-state index contributed by atoms with van der Waals surface area (Å²) < 4.78 is 11.0. The second-order valence-corrected chi connectivity index (χ2v) is 5.67. The summed E-state index contributed by atoms with van der Waals surface area (Å²) in [6.07, 6.45) is 0. The van der Waals surface area contributed by atoms with Gasteiger partial charge in [-0.25, -0.2) is 4.98 Å². The molecule has 120 valence electrons. The van der Waals surface area contributed by atoms with Crippen LogP contribution in [-0.2, 0) is 0 Å². The Morgan fingerprint density at radius 1 is 1.00 bits per heavy atom. The first-order valence-corrected chi connectivity index (χ1v) is 7.57. The first-order valence-electron chi connectivity index (χ1n) is 7.57. The topological polar surface area (TPSA) is 67.4 Å². The summed E-state index contributed by atoms with van der Waals surface area (Å²) in [7, 11) is 1.52. The van der Waals surface area contributed by atoms with Crippen molar-refractivity contribution in [3.8, 4) is 23.1 Å². The van der Waals surface area contributed by atoms with Crippen LogP contribution in [0, 0.1) is 6.92 Å². The number of rotatable bonds is 3. The third-order valence-corrected chi connectivity index (χ3v) is 3.91. The fourth-order valence-corrected chi connectivity index (χ4v) is 2.78. The number of ether oxygens (including phenoxy) is 2. The molecule has 0 aliphatic carbocycles. The molecule has 2 N–H and O–H groups in total. The van der Waals surface area contributed by atoms with E-state index in [-0.39, 0.29) is 5.75 Å². The van der Waals surface area contributed by atoms with E-state index in [1.807, 2.05) is 31.2 Å². The molecule has 2 aromatic carbocycles. The van der Waals surface area contributed by atoms with Crippen LogP contribution in [0.15, 0.2) is 48.5 Å². The Labute approximate surface area is 138 Å². The second kappa shape index (κ2) is 5.45. The van der Waals surface area contributed by atoms with Crippen molar-refractivity contribution in [1.29, 1.82) is 0 Å². The Morgan fingerprint density at radius 2 is 1.88 bits per heavy atom. The van der Waals surface area contributed by atoms with Crippen LogP contribution in [0.25, 0.3) is 21.8 Å². The van der Waals surface area contributed by atoms with E-state index in [0.717, 1.165) is 22.0 Å². The number of H-pyrrole nitrogens is 1. The summed E-state index contributed by atoms with van der Waals surface area (Å²) in [6.45, 7) is 2.02. The predicted octanol–water partition coefficient (Wildman–Crippen LogP) is 4.53. The predicted molar refractivity (Wildman–Crippen MR) is 93.1 cm³/mol. The largest absolute Gasteiger partial charge is 0.504 e. The monoisotopic (exact) mass is 320 g/mol. The maximum Gasteiger partial charge on any atom is 0.219 e. The minimum atomic E-state index is 0.0545. The number of hydrogen-bond donors (Lipinski definition) is 2. The molecule has 0 aliphatic rings. The maximum absolute atomic E-state index is 9.90. The SMILES string of the molecule is COc1cc2ccc(Oc3ccc4[nH]c(C)cc4c3)nc2cc1O. The quantitative estimate of drug-likeness (QED) is 0.582. The average Bonchev–Trinajstić information content (AvgIpc) is 2.93. The minimum Gasteiger partial charge on any atom is -0.504 e. The molecule has 4 rings (SSSR count). The van der Waals surface area contributed by atoms with E-state index in [1.165, 1.54) is 7.11 Å². The third kappa shape index (κ3) is 2.50. The number of aromatic amines is 1. The molecule has 0 spiro atoms. The Kier molecular flexibility index (Phi) is 3.27. The Bertz CT molecular complexity index is 1050. The number of aryl methyl sites for hydroxylation is 1. The molecule has 0 saturated heterocycles. The lowest BCUT2D eigenvalue weighted by Crippen LogP contribution is -1.90. The van der Waals surface area contributed by atoms with Crippen molar-refractivity contribution in [1.82, 2.24) is 9.97 Å². The first kappa shape index (κ1) is 14.4. The Balaban J connectivity index is 1.70. The molecule has 5 nitrogen and oxygen atoms in total. The zero-order chi connectivity index (χ0) is 16.7. The molecule has 0 saturated carbocycles. The van der Waals surface area contributed by atoms with E-state index in [1.54, 1.807) is 18.2 Å². The number of nitrogens with zero attached hydrogens (tertiary/aromatic N) is 1. The van der Waals surface area contributed by atoms with Gasteiger partial charge in [-0.3, -0.25) is 0 Å². The van der Waals surface area contributed by atoms with Gasteiger partial charge < -0.3 is 19.6 Å². The number of aromatic nitrogens is 2. The summed E-state index contributed by atoms with van der Waals surface area (Å²) >= 11 is 0. The van der Waals surface area contributed by atoms with E-state index in [9.17, 15) is 5.11 Å². The van der Waals surface area contributed by atoms with Crippen molar-refractivity contribution < 1.29 is 14.6 Å². The van der Waals surface area contributed by atoms with Crippen LogP contribution in [0.3, 0.4) is 0 Å². The molecule has 24 heavy (non-hydrogen) atoms. The van der Waals surface area contributed by atoms with E-state index >= 15 is 0 Å². The third-order valence-electron chi connectivity index (χ3n) is 3.91. The van der Waals surface area contributed by atoms with Crippen LogP contribution in [-0.4, -0.2) is 22.2 Å².